The van der Waals surface area contributed by atoms with Gasteiger partial charge in [0.2, 0.25) is 5.91 Å². The first kappa shape index (κ1) is 13.0. The van der Waals surface area contributed by atoms with E-state index in [-0.39, 0.29) is 18.5 Å². The van der Waals surface area contributed by atoms with Crippen LogP contribution >= 0.6 is 11.6 Å². The number of carbonyl (C=O) groups is 1. The van der Waals surface area contributed by atoms with E-state index in [2.05, 4.69) is 0 Å². The van der Waals surface area contributed by atoms with Crippen molar-refractivity contribution >= 4 is 23.2 Å². The molecule has 4 heteroatoms. The Hall–Kier alpha value is -1.06. The van der Waals surface area contributed by atoms with Crippen molar-refractivity contribution in [3.05, 3.63) is 30.3 Å². The highest BCUT2D eigenvalue weighted by atomic mass is 35.5. The molecule has 0 fully saturated rings. The number of alkyl halides is 1. The Morgan fingerprint density at radius 2 is 2.06 bits per heavy atom. The zero-order valence-corrected chi connectivity index (χ0v) is 10.1. The molecule has 1 aromatic carbocycles. The minimum Gasteiger partial charge on any atom is -0.361 e. The monoisotopic (exact) mass is 241 g/mol. The number of carbonyl (C=O) groups excluding carboxylic acids is 1. The molecule has 0 aliphatic rings. The Kier molecular flexibility index (Phi) is 5.90. The van der Waals surface area contributed by atoms with E-state index in [1.807, 2.05) is 37.3 Å². The molecule has 88 valence electrons. The van der Waals surface area contributed by atoms with Crippen molar-refractivity contribution in [2.75, 3.05) is 24.1 Å². The zero-order chi connectivity index (χ0) is 11.8. The van der Waals surface area contributed by atoms with Gasteiger partial charge in [0.05, 0.1) is 0 Å². The lowest BCUT2D eigenvalue weighted by molar-refractivity contribution is -0.117. The molecule has 0 unspecified atom stereocenters. The molecule has 0 atom stereocenters. The largest absolute Gasteiger partial charge is 0.361 e. The van der Waals surface area contributed by atoms with E-state index in [4.69, 9.17) is 16.3 Å². The maximum Gasteiger partial charge on any atom is 0.243 e. The van der Waals surface area contributed by atoms with Crippen LogP contribution in [0.3, 0.4) is 0 Å². The van der Waals surface area contributed by atoms with Gasteiger partial charge in [-0.3, -0.25) is 9.69 Å². The van der Waals surface area contributed by atoms with Gasteiger partial charge in [-0.25, -0.2) is 0 Å². The zero-order valence-electron chi connectivity index (χ0n) is 9.36. The lowest BCUT2D eigenvalue weighted by Crippen LogP contribution is -2.34. The van der Waals surface area contributed by atoms with Crippen LogP contribution in [0.1, 0.15) is 13.3 Å². The molecule has 1 amide bonds. The van der Waals surface area contributed by atoms with E-state index < -0.39 is 0 Å². The van der Waals surface area contributed by atoms with E-state index in [1.54, 1.807) is 4.90 Å². The number of hydrogen-bond acceptors (Lipinski definition) is 2. The summed E-state index contributed by atoms with van der Waals surface area (Å²) in [5, 5.41) is 0. The quantitative estimate of drug-likeness (QED) is 0.435. The van der Waals surface area contributed by atoms with Crippen LogP contribution in [0.25, 0.3) is 0 Å². The van der Waals surface area contributed by atoms with Crippen molar-refractivity contribution in [1.82, 2.24) is 0 Å². The minimum atomic E-state index is -0.149. The molecule has 16 heavy (non-hydrogen) atoms. The molecule has 3 nitrogen and oxygen atoms in total. The summed E-state index contributed by atoms with van der Waals surface area (Å²) in [5.41, 5.74) is 0.809. The third kappa shape index (κ3) is 3.83. The Morgan fingerprint density at radius 1 is 1.38 bits per heavy atom. The number of rotatable bonds is 6. The van der Waals surface area contributed by atoms with Crippen LogP contribution in [0.15, 0.2) is 30.3 Å². The third-order valence-corrected chi connectivity index (χ3v) is 2.28. The second-order valence-electron chi connectivity index (χ2n) is 3.33. The molecular weight excluding hydrogens is 226 g/mol. The number of ether oxygens (including phenoxy) is 1. The molecule has 0 saturated carbocycles. The standard InChI is InChI=1S/C12H16ClNO2/c1-2-8-16-10-14(12(15)9-13)11-6-4-3-5-7-11/h3-7H,2,8-10H2,1H3. The maximum atomic E-state index is 11.6. The Morgan fingerprint density at radius 3 is 2.62 bits per heavy atom. The normalized spacial score (nSPS) is 10.1. The van der Waals surface area contributed by atoms with Crippen molar-refractivity contribution in [3.63, 3.8) is 0 Å². The second-order valence-corrected chi connectivity index (χ2v) is 3.60. The highest BCUT2D eigenvalue weighted by Crippen LogP contribution is 2.13. The summed E-state index contributed by atoms with van der Waals surface area (Å²) in [5.74, 6) is -0.186. The summed E-state index contributed by atoms with van der Waals surface area (Å²) >= 11 is 5.56. The van der Waals surface area contributed by atoms with Crippen LogP contribution in [-0.2, 0) is 9.53 Å². The van der Waals surface area contributed by atoms with Gasteiger partial charge in [-0.05, 0) is 18.6 Å². The first-order valence-corrected chi connectivity index (χ1v) is 5.82. The van der Waals surface area contributed by atoms with Crippen molar-refractivity contribution in [1.29, 1.82) is 0 Å². The van der Waals surface area contributed by atoms with Gasteiger partial charge in [-0.1, -0.05) is 25.1 Å². The molecule has 0 aliphatic heterocycles. The van der Waals surface area contributed by atoms with Crippen molar-refractivity contribution in [2.24, 2.45) is 0 Å². The topological polar surface area (TPSA) is 29.5 Å². The lowest BCUT2D eigenvalue weighted by Gasteiger charge is -2.21. The molecule has 0 heterocycles. The van der Waals surface area contributed by atoms with E-state index in [0.29, 0.717) is 6.61 Å². The van der Waals surface area contributed by atoms with Crippen molar-refractivity contribution in [3.8, 4) is 0 Å². The summed E-state index contributed by atoms with van der Waals surface area (Å²) in [6.07, 6.45) is 0.928. The fourth-order valence-corrected chi connectivity index (χ4v) is 1.42. The Bertz CT molecular complexity index is 316. The number of anilines is 1. The van der Waals surface area contributed by atoms with Crippen LogP contribution in [0.4, 0.5) is 5.69 Å². The van der Waals surface area contributed by atoms with Crippen LogP contribution < -0.4 is 4.90 Å². The second kappa shape index (κ2) is 7.25. The number of para-hydroxylation sites is 1. The summed E-state index contributed by atoms with van der Waals surface area (Å²) in [7, 11) is 0. The predicted molar refractivity (Wildman–Crippen MR) is 65.8 cm³/mol. The van der Waals surface area contributed by atoms with Crippen LogP contribution in [0.5, 0.6) is 0 Å². The number of hydrogen-bond donors (Lipinski definition) is 0. The third-order valence-electron chi connectivity index (χ3n) is 2.05. The number of nitrogens with zero attached hydrogens (tertiary/aromatic N) is 1. The molecule has 1 aromatic rings. The summed E-state index contributed by atoms with van der Waals surface area (Å²) < 4.78 is 5.37. The summed E-state index contributed by atoms with van der Waals surface area (Å²) in [6.45, 7) is 2.92. The van der Waals surface area contributed by atoms with Gasteiger partial charge in [0.15, 0.2) is 0 Å². The minimum absolute atomic E-state index is 0.0373. The molecule has 0 aromatic heterocycles. The van der Waals surface area contributed by atoms with E-state index >= 15 is 0 Å². The van der Waals surface area contributed by atoms with E-state index in [9.17, 15) is 4.79 Å². The molecule has 0 radical (unpaired) electrons. The van der Waals surface area contributed by atoms with Crippen molar-refractivity contribution in [2.45, 2.75) is 13.3 Å². The Balaban J connectivity index is 2.68. The first-order valence-electron chi connectivity index (χ1n) is 5.28. The van der Waals surface area contributed by atoms with Gasteiger partial charge in [0.1, 0.15) is 12.6 Å². The molecule has 1 rings (SSSR count). The van der Waals surface area contributed by atoms with E-state index in [0.717, 1.165) is 12.1 Å². The maximum absolute atomic E-state index is 11.6. The van der Waals surface area contributed by atoms with Gasteiger partial charge in [0, 0.05) is 12.3 Å². The molecule has 0 N–H and O–H groups in total. The van der Waals surface area contributed by atoms with Gasteiger partial charge in [0.25, 0.3) is 0 Å². The van der Waals surface area contributed by atoms with Crippen LogP contribution in [0, 0.1) is 0 Å². The smallest absolute Gasteiger partial charge is 0.243 e. The average molecular weight is 242 g/mol. The number of halogens is 1. The average Bonchev–Trinajstić information content (AvgIpc) is 2.35. The van der Waals surface area contributed by atoms with E-state index in [1.165, 1.54) is 0 Å². The molecule has 0 spiro atoms. The van der Waals surface area contributed by atoms with Crippen molar-refractivity contribution < 1.29 is 9.53 Å². The number of benzene rings is 1. The van der Waals surface area contributed by atoms with Crippen LogP contribution in [0.2, 0.25) is 0 Å². The highest BCUT2D eigenvalue weighted by molar-refractivity contribution is 6.29. The highest BCUT2D eigenvalue weighted by Gasteiger charge is 2.13. The fraction of sp³-hybridized carbons (Fsp3) is 0.417. The molecule has 0 aliphatic carbocycles. The summed E-state index contributed by atoms with van der Waals surface area (Å²) in [6, 6.07) is 9.38. The predicted octanol–water partition coefficient (Wildman–Crippen LogP) is 2.64. The van der Waals surface area contributed by atoms with Gasteiger partial charge in [-0.2, -0.15) is 0 Å². The SMILES string of the molecule is CCCOCN(C(=O)CCl)c1ccccc1. The van der Waals surface area contributed by atoms with Gasteiger partial charge < -0.3 is 4.74 Å². The Labute approximate surface area is 101 Å². The van der Waals surface area contributed by atoms with Gasteiger partial charge >= 0.3 is 0 Å². The van der Waals surface area contributed by atoms with Gasteiger partial charge in [-0.15, -0.1) is 11.6 Å². The first-order chi connectivity index (χ1) is 7.79. The molecule has 0 saturated heterocycles. The lowest BCUT2D eigenvalue weighted by atomic mass is 10.3. The molecule has 0 bridgehead atoms. The summed E-state index contributed by atoms with van der Waals surface area (Å²) in [4.78, 5) is 13.2. The molecular formula is C12H16ClNO2. The van der Waals surface area contributed by atoms with Crippen LogP contribution in [-0.4, -0.2) is 25.1 Å². The number of amides is 1. The fourth-order valence-electron chi connectivity index (χ4n) is 1.27.